The number of rotatable bonds is 6. The molecule has 1 fully saturated rings. The molecule has 0 unspecified atom stereocenters. The number of hydrogen-bond donors (Lipinski definition) is 2. The molecule has 1 saturated heterocycles. The van der Waals surface area contributed by atoms with Crippen molar-refractivity contribution in [3.63, 3.8) is 0 Å². The van der Waals surface area contributed by atoms with E-state index in [0.29, 0.717) is 12.5 Å². The first-order valence-electron chi connectivity index (χ1n) is 8.88. The van der Waals surface area contributed by atoms with Crippen LogP contribution >= 0.6 is 0 Å². The summed E-state index contributed by atoms with van der Waals surface area (Å²) < 4.78 is 1.97. The summed E-state index contributed by atoms with van der Waals surface area (Å²) >= 11 is 0. The fraction of sp³-hybridized carbons (Fsp3) is 0.474. The molecule has 0 radical (unpaired) electrons. The smallest absolute Gasteiger partial charge is 0.315 e. The van der Waals surface area contributed by atoms with E-state index in [1.807, 2.05) is 23.9 Å². The van der Waals surface area contributed by atoms with Gasteiger partial charge in [-0.2, -0.15) is 0 Å². The van der Waals surface area contributed by atoms with Crippen LogP contribution in [-0.2, 0) is 20.0 Å². The van der Waals surface area contributed by atoms with Crippen molar-refractivity contribution in [1.29, 1.82) is 0 Å². The summed E-state index contributed by atoms with van der Waals surface area (Å²) in [5, 5.41) is 6.06. The Morgan fingerprint density at radius 1 is 1.28 bits per heavy atom. The molecule has 1 aliphatic rings. The van der Waals surface area contributed by atoms with Crippen LogP contribution in [0.1, 0.15) is 18.3 Å². The number of likely N-dealkylation sites (tertiary alicyclic amines) is 1. The molecule has 134 valence electrons. The molecular formula is C19H27N5O. The minimum Gasteiger partial charge on any atom is -0.338 e. The fourth-order valence-electron chi connectivity index (χ4n) is 3.37. The second-order valence-corrected chi connectivity index (χ2v) is 6.87. The Balaban J connectivity index is 1.41. The zero-order valence-electron chi connectivity index (χ0n) is 15.0. The molecule has 1 aliphatic heterocycles. The zero-order chi connectivity index (χ0) is 17.6. The summed E-state index contributed by atoms with van der Waals surface area (Å²) in [6, 6.07) is 10.6. The van der Waals surface area contributed by atoms with Gasteiger partial charge in [0.25, 0.3) is 0 Å². The summed E-state index contributed by atoms with van der Waals surface area (Å²) in [6.45, 7) is 5.62. The maximum absolute atomic E-state index is 12.2. The van der Waals surface area contributed by atoms with Crippen molar-refractivity contribution in [3.8, 4) is 0 Å². The third kappa shape index (κ3) is 4.82. The Hall–Kier alpha value is -2.34. The highest BCUT2D eigenvalue weighted by Crippen LogP contribution is 2.18. The molecule has 1 aromatic carbocycles. The minimum atomic E-state index is -0.0902. The molecule has 6 heteroatoms. The van der Waals surface area contributed by atoms with Gasteiger partial charge in [-0.3, -0.25) is 4.90 Å². The Morgan fingerprint density at radius 3 is 2.80 bits per heavy atom. The SMILES string of the molecule is C[C@H]1CN(Cc2ccccc2)C[C@H]1NC(=O)NCCc1nccn1C. The van der Waals surface area contributed by atoms with Crippen molar-refractivity contribution < 1.29 is 4.79 Å². The molecule has 3 rings (SSSR count). The number of imidazole rings is 1. The molecule has 2 N–H and O–H groups in total. The number of urea groups is 1. The van der Waals surface area contributed by atoms with E-state index in [1.54, 1.807) is 6.20 Å². The predicted molar refractivity (Wildman–Crippen MR) is 98.1 cm³/mol. The molecule has 0 aliphatic carbocycles. The fourth-order valence-corrected chi connectivity index (χ4v) is 3.37. The normalized spacial score (nSPS) is 20.6. The van der Waals surface area contributed by atoms with Gasteiger partial charge in [0.1, 0.15) is 5.82 Å². The van der Waals surface area contributed by atoms with E-state index in [1.165, 1.54) is 5.56 Å². The largest absolute Gasteiger partial charge is 0.338 e. The first-order valence-corrected chi connectivity index (χ1v) is 8.88. The van der Waals surface area contributed by atoms with Crippen LogP contribution in [0.4, 0.5) is 4.79 Å². The summed E-state index contributed by atoms with van der Waals surface area (Å²) in [7, 11) is 1.96. The van der Waals surface area contributed by atoms with Gasteiger partial charge in [0.05, 0.1) is 0 Å². The van der Waals surface area contributed by atoms with Crippen LogP contribution in [0, 0.1) is 5.92 Å². The number of carbonyl (C=O) groups is 1. The van der Waals surface area contributed by atoms with Gasteiger partial charge in [-0.1, -0.05) is 37.3 Å². The van der Waals surface area contributed by atoms with E-state index in [4.69, 9.17) is 0 Å². The molecule has 0 spiro atoms. The Morgan fingerprint density at radius 2 is 2.08 bits per heavy atom. The highest BCUT2D eigenvalue weighted by atomic mass is 16.2. The van der Waals surface area contributed by atoms with Gasteiger partial charge in [-0.15, -0.1) is 0 Å². The van der Waals surface area contributed by atoms with Crippen LogP contribution in [0.2, 0.25) is 0 Å². The van der Waals surface area contributed by atoms with E-state index in [9.17, 15) is 4.79 Å². The number of amides is 2. The molecule has 2 heterocycles. The number of aryl methyl sites for hydroxylation is 1. The van der Waals surface area contributed by atoms with E-state index in [-0.39, 0.29) is 12.1 Å². The van der Waals surface area contributed by atoms with Crippen LogP contribution < -0.4 is 10.6 Å². The predicted octanol–water partition coefficient (Wildman–Crippen LogP) is 1.78. The van der Waals surface area contributed by atoms with Crippen molar-refractivity contribution in [2.24, 2.45) is 13.0 Å². The van der Waals surface area contributed by atoms with Gasteiger partial charge in [-0.05, 0) is 11.5 Å². The summed E-state index contributed by atoms with van der Waals surface area (Å²) in [4.78, 5) is 18.8. The first kappa shape index (κ1) is 17.5. The maximum Gasteiger partial charge on any atom is 0.315 e. The lowest BCUT2D eigenvalue weighted by Crippen LogP contribution is -2.45. The van der Waals surface area contributed by atoms with Crippen LogP contribution in [0.3, 0.4) is 0 Å². The maximum atomic E-state index is 12.2. The Bertz CT molecular complexity index is 684. The number of nitrogens with one attached hydrogen (secondary N) is 2. The molecule has 2 atom stereocenters. The van der Waals surface area contributed by atoms with Gasteiger partial charge < -0.3 is 15.2 Å². The standard InChI is InChI=1S/C19H27N5O/c1-15-12-24(13-16-6-4-3-5-7-16)14-17(15)22-19(25)21-9-8-18-20-10-11-23(18)2/h3-7,10-11,15,17H,8-9,12-14H2,1-2H3,(H2,21,22,25)/t15-,17+/m0/s1. The monoisotopic (exact) mass is 341 g/mol. The lowest BCUT2D eigenvalue weighted by molar-refractivity contribution is 0.234. The molecule has 0 saturated carbocycles. The minimum absolute atomic E-state index is 0.0902. The highest BCUT2D eigenvalue weighted by molar-refractivity contribution is 5.74. The molecule has 6 nitrogen and oxygen atoms in total. The molecule has 1 aromatic heterocycles. The number of hydrogen-bond acceptors (Lipinski definition) is 3. The van der Waals surface area contributed by atoms with E-state index < -0.39 is 0 Å². The third-order valence-corrected chi connectivity index (χ3v) is 4.81. The van der Waals surface area contributed by atoms with Gasteiger partial charge in [0.2, 0.25) is 0 Å². The van der Waals surface area contributed by atoms with Crippen molar-refractivity contribution in [2.45, 2.75) is 25.9 Å². The molecule has 2 amide bonds. The van der Waals surface area contributed by atoms with Gasteiger partial charge >= 0.3 is 6.03 Å². The number of benzene rings is 1. The van der Waals surface area contributed by atoms with E-state index in [2.05, 4.69) is 51.7 Å². The molecule has 2 aromatic rings. The molecular weight excluding hydrogens is 314 g/mol. The van der Waals surface area contributed by atoms with Gasteiger partial charge in [0.15, 0.2) is 0 Å². The lowest BCUT2D eigenvalue weighted by Gasteiger charge is -2.18. The average molecular weight is 341 g/mol. The quantitative estimate of drug-likeness (QED) is 0.842. The summed E-state index contributed by atoms with van der Waals surface area (Å²) in [5.41, 5.74) is 1.31. The van der Waals surface area contributed by atoms with Crippen LogP contribution in [0.15, 0.2) is 42.7 Å². The lowest BCUT2D eigenvalue weighted by atomic mass is 10.1. The van der Waals surface area contributed by atoms with E-state index >= 15 is 0 Å². The average Bonchev–Trinajstić information content (AvgIpc) is 3.14. The van der Waals surface area contributed by atoms with Crippen LogP contribution in [-0.4, -0.2) is 46.2 Å². The Kier molecular flexibility index (Phi) is 5.71. The topological polar surface area (TPSA) is 62.2 Å². The number of nitrogens with zero attached hydrogens (tertiary/aromatic N) is 3. The highest BCUT2D eigenvalue weighted by Gasteiger charge is 2.30. The van der Waals surface area contributed by atoms with Gasteiger partial charge in [0, 0.05) is 58.1 Å². The van der Waals surface area contributed by atoms with Gasteiger partial charge in [-0.25, -0.2) is 9.78 Å². The number of carbonyl (C=O) groups excluding carboxylic acids is 1. The summed E-state index contributed by atoms with van der Waals surface area (Å²) in [5.74, 6) is 1.42. The third-order valence-electron chi connectivity index (χ3n) is 4.81. The summed E-state index contributed by atoms with van der Waals surface area (Å²) in [6.07, 6.45) is 4.42. The van der Waals surface area contributed by atoms with Crippen molar-refractivity contribution >= 4 is 6.03 Å². The second kappa shape index (κ2) is 8.16. The van der Waals surface area contributed by atoms with Crippen molar-refractivity contribution in [2.75, 3.05) is 19.6 Å². The molecule has 0 bridgehead atoms. The van der Waals surface area contributed by atoms with Crippen LogP contribution in [0.5, 0.6) is 0 Å². The Labute approximate surface area is 149 Å². The second-order valence-electron chi connectivity index (χ2n) is 6.87. The number of aromatic nitrogens is 2. The van der Waals surface area contributed by atoms with Crippen LogP contribution in [0.25, 0.3) is 0 Å². The van der Waals surface area contributed by atoms with E-state index in [0.717, 1.165) is 31.9 Å². The van der Waals surface area contributed by atoms with Crippen molar-refractivity contribution in [1.82, 2.24) is 25.1 Å². The first-order chi connectivity index (χ1) is 12.1. The van der Waals surface area contributed by atoms with Crippen molar-refractivity contribution in [3.05, 3.63) is 54.1 Å². The zero-order valence-corrected chi connectivity index (χ0v) is 15.0. The molecule has 25 heavy (non-hydrogen) atoms.